The number of alkyl halides is 1. The van der Waals surface area contributed by atoms with Crippen molar-refractivity contribution in [2.75, 3.05) is 6.61 Å². The summed E-state index contributed by atoms with van der Waals surface area (Å²) in [5.74, 6) is -1.64. The van der Waals surface area contributed by atoms with Crippen molar-refractivity contribution in [3.63, 3.8) is 0 Å². The second-order valence-corrected chi connectivity index (χ2v) is 9.24. The minimum Gasteiger partial charge on any atom is -0.390 e. The van der Waals surface area contributed by atoms with Crippen LogP contribution < -0.4 is 0 Å². The molecule has 3 fully saturated rings. The van der Waals surface area contributed by atoms with E-state index in [9.17, 15) is 24.9 Å². The minimum absolute atomic E-state index is 0.0580. The van der Waals surface area contributed by atoms with E-state index in [0.29, 0.717) is 24.8 Å². The molecule has 0 spiro atoms. The molecule has 5 nitrogen and oxygen atoms in total. The van der Waals surface area contributed by atoms with Gasteiger partial charge in [-0.15, -0.1) is 0 Å². The number of carbonyl (C=O) groups excluding carboxylic acids is 2. The molecule has 27 heavy (non-hydrogen) atoms. The smallest absolute Gasteiger partial charge is 0.190 e. The van der Waals surface area contributed by atoms with Crippen LogP contribution in [0.4, 0.5) is 4.39 Å². The normalized spacial score (nSPS) is 51.3. The third-order valence-electron chi connectivity index (χ3n) is 8.40. The molecule has 7 atom stereocenters. The van der Waals surface area contributed by atoms with Gasteiger partial charge in [0.25, 0.3) is 0 Å². The zero-order chi connectivity index (χ0) is 19.8. The molecule has 4 aliphatic carbocycles. The predicted molar refractivity (Wildman–Crippen MR) is 95.4 cm³/mol. The van der Waals surface area contributed by atoms with Gasteiger partial charge < -0.3 is 15.3 Å². The molecular formula is C21H27FO5. The molecule has 6 heteroatoms. The van der Waals surface area contributed by atoms with Crippen molar-refractivity contribution in [1.29, 1.82) is 0 Å². The second kappa shape index (κ2) is 5.58. The lowest BCUT2D eigenvalue weighted by Crippen LogP contribution is -2.69. The molecule has 148 valence electrons. The number of hydrogen-bond donors (Lipinski definition) is 3. The van der Waals surface area contributed by atoms with Crippen LogP contribution >= 0.6 is 0 Å². The van der Waals surface area contributed by atoms with E-state index >= 15 is 4.39 Å². The van der Waals surface area contributed by atoms with Gasteiger partial charge in [-0.2, -0.15) is 0 Å². The number of aliphatic hydroxyl groups is 3. The monoisotopic (exact) mass is 378 g/mol. The molecule has 0 bridgehead atoms. The quantitative estimate of drug-likeness (QED) is 0.679. The van der Waals surface area contributed by atoms with E-state index < -0.39 is 46.5 Å². The van der Waals surface area contributed by atoms with E-state index in [2.05, 4.69) is 0 Å². The summed E-state index contributed by atoms with van der Waals surface area (Å²) in [5.41, 5.74) is -5.07. The molecule has 0 heterocycles. The van der Waals surface area contributed by atoms with Gasteiger partial charge in [0.2, 0.25) is 0 Å². The summed E-state index contributed by atoms with van der Waals surface area (Å²) in [7, 11) is 0. The molecular weight excluding hydrogens is 351 g/mol. The van der Waals surface area contributed by atoms with Crippen molar-refractivity contribution in [2.45, 2.75) is 63.3 Å². The van der Waals surface area contributed by atoms with Gasteiger partial charge in [-0.25, -0.2) is 4.39 Å². The number of rotatable bonds is 2. The maximum absolute atomic E-state index is 16.7. The van der Waals surface area contributed by atoms with Gasteiger partial charge in [0.05, 0.1) is 6.10 Å². The summed E-state index contributed by atoms with van der Waals surface area (Å²) >= 11 is 0. The maximum Gasteiger partial charge on any atom is 0.190 e. The highest BCUT2D eigenvalue weighted by Gasteiger charge is 2.73. The molecule has 0 aromatic carbocycles. The molecule has 4 aliphatic rings. The third kappa shape index (κ3) is 2.04. The van der Waals surface area contributed by atoms with Crippen molar-refractivity contribution >= 4 is 11.6 Å². The summed E-state index contributed by atoms with van der Waals surface area (Å²) in [5, 5.41) is 31.5. The molecule has 4 unspecified atom stereocenters. The van der Waals surface area contributed by atoms with Crippen LogP contribution in [-0.2, 0) is 9.59 Å². The van der Waals surface area contributed by atoms with Gasteiger partial charge in [0.15, 0.2) is 17.2 Å². The first-order chi connectivity index (χ1) is 12.5. The van der Waals surface area contributed by atoms with E-state index in [4.69, 9.17) is 0 Å². The highest BCUT2D eigenvalue weighted by Crippen LogP contribution is 2.69. The Balaban J connectivity index is 1.81. The van der Waals surface area contributed by atoms with Gasteiger partial charge in [-0.3, -0.25) is 9.59 Å². The number of aliphatic hydroxyl groups excluding tert-OH is 2. The average Bonchev–Trinajstić information content (AvgIpc) is 2.88. The molecule has 0 amide bonds. The first-order valence-corrected chi connectivity index (χ1v) is 9.72. The number of fused-ring (bicyclic) bond motifs is 5. The molecule has 0 radical (unpaired) electrons. The van der Waals surface area contributed by atoms with Crippen molar-refractivity contribution < 1.29 is 29.3 Å². The minimum atomic E-state index is -1.97. The molecule has 3 saturated carbocycles. The first-order valence-electron chi connectivity index (χ1n) is 9.72. The van der Waals surface area contributed by atoms with Crippen molar-refractivity contribution in [1.82, 2.24) is 0 Å². The standard InChI is InChI=1S/C21H27FO5/c1-18-7-5-13(24)9-12(18)3-4-15-14-6-8-20(27,17(26)11-23)19(14,2)10-16(25)21(15,18)22/h5,7,9,14-16,23,25,27H,3-4,6,8,10-11H2,1-2H3/t14?,15?,16-,18?,19?,20-,21-/m0/s1. The van der Waals surface area contributed by atoms with Gasteiger partial charge in [0, 0.05) is 16.7 Å². The van der Waals surface area contributed by atoms with Crippen LogP contribution in [0, 0.1) is 22.7 Å². The Kier molecular flexibility index (Phi) is 3.92. The van der Waals surface area contributed by atoms with E-state index in [1.165, 1.54) is 12.2 Å². The van der Waals surface area contributed by atoms with Crippen molar-refractivity contribution in [3.05, 3.63) is 23.8 Å². The van der Waals surface area contributed by atoms with E-state index in [1.807, 2.05) is 0 Å². The lowest BCUT2D eigenvalue weighted by Gasteiger charge is -2.62. The van der Waals surface area contributed by atoms with Crippen LogP contribution in [0.15, 0.2) is 23.8 Å². The first kappa shape index (κ1) is 19.0. The van der Waals surface area contributed by atoms with Crippen molar-refractivity contribution in [3.8, 4) is 0 Å². The number of allylic oxidation sites excluding steroid dienone is 4. The molecule has 3 N–H and O–H groups in total. The fourth-order valence-corrected chi connectivity index (χ4v) is 6.80. The van der Waals surface area contributed by atoms with Gasteiger partial charge in [-0.1, -0.05) is 18.6 Å². The third-order valence-corrected chi connectivity index (χ3v) is 8.40. The van der Waals surface area contributed by atoms with E-state index in [0.717, 1.165) is 0 Å². The lowest BCUT2D eigenvalue weighted by atomic mass is 9.44. The molecule has 0 saturated heterocycles. The zero-order valence-corrected chi connectivity index (χ0v) is 15.7. The second-order valence-electron chi connectivity index (χ2n) is 9.24. The maximum atomic E-state index is 16.7. The van der Waals surface area contributed by atoms with Gasteiger partial charge in [0.1, 0.15) is 12.2 Å². The Bertz CT molecular complexity index is 775. The number of carbonyl (C=O) groups is 2. The molecule has 0 aromatic rings. The fraction of sp³-hybridized carbons (Fsp3) is 0.714. The number of Topliss-reactive ketones (excluding diaryl/α,β-unsaturated/α-hetero) is 1. The summed E-state index contributed by atoms with van der Waals surface area (Å²) in [6.45, 7) is 2.71. The van der Waals surface area contributed by atoms with Crippen LogP contribution in [-0.4, -0.2) is 50.9 Å². The number of ketones is 2. The zero-order valence-electron chi connectivity index (χ0n) is 15.7. The highest BCUT2D eigenvalue weighted by atomic mass is 19.1. The topological polar surface area (TPSA) is 94.8 Å². The number of halogens is 1. The van der Waals surface area contributed by atoms with Gasteiger partial charge >= 0.3 is 0 Å². The molecule has 0 aliphatic heterocycles. The number of hydrogen-bond acceptors (Lipinski definition) is 5. The van der Waals surface area contributed by atoms with Crippen LogP contribution in [0.2, 0.25) is 0 Å². The van der Waals surface area contributed by atoms with E-state index in [1.54, 1.807) is 19.9 Å². The molecule has 0 aromatic heterocycles. The Morgan fingerprint density at radius 3 is 2.67 bits per heavy atom. The van der Waals surface area contributed by atoms with Crippen molar-refractivity contribution in [2.24, 2.45) is 22.7 Å². The summed E-state index contributed by atoms with van der Waals surface area (Å²) in [6.07, 6.45) is 4.65. The van der Waals surface area contributed by atoms with Gasteiger partial charge in [-0.05, 0) is 57.1 Å². The Hall–Kier alpha value is -1.37. The molecule has 4 rings (SSSR count). The Morgan fingerprint density at radius 1 is 1.30 bits per heavy atom. The van der Waals surface area contributed by atoms with E-state index in [-0.39, 0.29) is 24.5 Å². The Morgan fingerprint density at radius 2 is 2.00 bits per heavy atom. The average molecular weight is 378 g/mol. The van der Waals surface area contributed by atoms with Crippen LogP contribution in [0.3, 0.4) is 0 Å². The fourth-order valence-electron chi connectivity index (χ4n) is 6.80. The predicted octanol–water partition coefficient (Wildman–Crippen LogP) is 1.65. The highest BCUT2D eigenvalue weighted by molar-refractivity contribution is 6.01. The van der Waals surface area contributed by atoms with Crippen LogP contribution in [0.1, 0.15) is 46.0 Å². The Labute approximate surface area is 158 Å². The lowest BCUT2D eigenvalue weighted by molar-refractivity contribution is -0.217. The summed E-state index contributed by atoms with van der Waals surface area (Å²) in [6, 6.07) is 0. The SMILES string of the molecule is CC12C[C@H](O)[C@@]3(F)C(CCC4=CC(=O)C=CC43C)C1CC[C@]2(O)C(=O)CO. The summed E-state index contributed by atoms with van der Waals surface area (Å²) < 4.78 is 16.7. The van der Waals surface area contributed by atoms with Crippen LogP contribution in [0.5, 0.6) is 0 Å². The van der Waals surface area contributed by atoms with Crippen LogP contribution in [0.25, 0.3) is 0 Å². The largest absolute Gasteiger partial charge is 0.390 e. The summed E-state index contributed by atoms with van der Waals surface area (Å²) in [4.78, 5) is 24.1.